The monoisotopic (exact) mass is 263 g/mol. The fourth-order valence-corrected chi connectivity index (χ4v) is 1.56. The molecule has 0 aliphatic rings. The van der Waals surface area contributed by atoms with E-state index in [-0.39, 0.29) is 5.69 Å². The van der Waals surface area contributed by atoms with E-state index in [2.05, 4.69) is 0 Å². The maximum absolute atomic E-state index is 10.8. The topological polar surface area (TPSA) is 102 Å². The lowest BCUT2D eigenvalue weighted by atomic mass is 10.0. The van der Waals surface area contributed by atoms with E-state index >= 15 is 0 Å². The second-order valence-electron chi connectivity index (χ2n) is 4.79. The Balaban J connectivity index is 2.79. The number of hydrogen-bond donors (Lipinski definition) is 1. The molecule has 1 rings (SSSR count). The van der Waals surface area contributed by atoms with Crippen molar-refractivity contribution in [1.29, 1.82) is 5.26 Å². The first-order valence-electron chi connectivity index (χ1n) is 5.85. The Morgan fingerprint density at radius 2 is 2.11 bits per heavy atom. The van der Waals surface area contributed by atoms with Crippen molar-refractivity contribution < 1.29 is 9.66 Å². The summed E-state index contributed by atoms with van der Waals surface area (Å²) in [6.45, 7) is 5.32. The Labute approximate surface area is 111 Å². The Bertz CT molecular complexity index is 533. The van der Waals surface area contributed by atoms with E-state index in [4.69, 9.17) is 15.7 Å². The standard InChI is InChI=1S/C13H17N3O3/c1-9-7-12(10(2)6-11(9)16(17)18)19-5-4-13(3,15)8-14/h6-7H,4-5,15H2,1-3H3. The lowest BCUT2D eigenvalue weighted by Gasteiger charge is -2.16. The van der Waals surface area contributed by atoms with Crippen LogP contribution in [0.2, 0.25) is 0 Å². The van der Waals surface area contributed by atoms with Gasteiger partial charge >= 0.3 is 0 Å². The molecule has 0 aliphatic carbocycles. The molecule has 0 amide bonds. The Morgan fingerprint density at radius 3 is 2.63 bits per heavy atom. The molecule has 0 spiro atoms. The number of benzene rings is 1. The minimum atomic E-state index is -0.927. The average Bonchev–Trinajstić information content (AvgIpc) is 2.32. The highest BCUT2D eigenvalue weighted by Gasteiger charge is 2.18. The number of nitro benzene ring substituents is 1. The average molecular weight is 263 g/mol. The zero-order chi connectivity index (χ0) is 14.6. The van der Waals surface area contributed by atoms with Crippen LogP contribution in [0.4, 0.5) is 5.69 Å². The molecule has 1 atom stereocenters. The third kappa shape index (κ3) is 3.93. The molecule has 0 saturated heterocycles. The van der Waals surface area contributed by atoms with Crippen molar-refractivity contribution in [3.05, 3.63) is 33.4 Å². The van der Waals surface area contributed by atoms with Crippen molar-refractivity contribution in [2.24, 2.45) is 5.73 Å². The van der Waals surface area contributed by atoms with E-state index in [1.54, 1.807) is 26.8 Å². The first kappa shape index (κ1) is 14.9. The Hall–Kier alpha value is -2.13. The molecule has 102 valence electrons. The van der Waals surface area contributed by atoms with Crippen LogP contribution in [0.5, 0.6) is 5.75 Å². The smallest absolute Gasteiger partial charge is 0.272 e. The van der Waals surface area contributed by atoms with Crippen LogP contribution >= 0.6 is 0 Å². The van der Waals surface area contributed by atoms with E-state index in [0.29, 0.717) is 29.9 Å². The van der Waals surface area contributed by atoms with Crippen LogP contribution in [0.3, 0.4) is 0 Å². The van der Waals surface area contributed by atoms with Crippen LogP contribution < -0.4 is 10.5 Å². The predicted molar refractivity (Wildman–Crippen MR) is 70.9 cm³/mol. The van der Waals surface area contributed by atoms with E-state index in [0.717, 1.165) is 0 Å². The Morgan fingerprint density at radius 1 is 1.47 bits per heavy atom. The summed E-state index contributed by atoms with van der Waals surface area (Å²) in [5, 5.41) is 19.6. The lowest BCUT2D eigenvalue weighted by molar-refractivity contribution is -0.385. The first-order chi connectivity index (χ1) is 8.76. The third-order valence-electron chi connectivity index (χ3n) is 2.82. The van der Waals surface area contributed by atoms with Gasteiger partial charge in [-0.15, -0.1) is 0 Å². The Kier molecular flexibility index (Phi) is 4.46. The highest BCUT2D eigenvalue weighted by molar-refractivity contribution is 5.49. The van der Waals surface area contributed by atoms with Crippen LogP contribution in [0, 0.1) is 35.3 Å². The van der Waals surface area contributed by atoms with Gasteiger partial charge in [0.05, 0.1) is 17.6 Å². The molecule has 6 nitrogen and oxygen atoms in total. The molecule has 0 fully saturated rings. The van der Waals surface area contributed by atoms with E-state index < -0.39 is 10.5 Å². The van der Waals surface area contributed by atoms with Gasteiger partial charge in [-0.25, -0.2) is 0 Å². The van der Waals surface area contributed by atoms with Gasteiger partial charge in [-0.1, -0.05) is 0 Å². The van der Waals surface area contributed by atoms with Crippen molar-refractivity contribution in [3.8, 4) is 11.8 Å². The number of aryl methyl sites for hydroxylation is 2. The minimum absolute atomic E-state index is 0.0746. The molecule has 0 saturated carbocycles. The number of nitrogens with zero attached hydrogens (tertiary/aromatic N) is 2. The number of ether oxygens (including phenoxy) is 1. The number of nitro groups is 1. The largest absolute Gasteiger partial charge is 0.493 e. The zero-order valence-corrected chi connectivity index (χ0v) is 11.3. The van der Waals surface area contributed by atoms with E-state index in [1.165, 1.54) is 6.07 Å². The molecular formula is C13H17N3O3. The van der Waals surface area contributed by atoms with Gasteiger partial charge in [-0.3, -0.25) is 10.1 Å². The molecule has 1 aromatic rings. The summed E-state index contributed by atoms with van der Waals surface area (Å²) in [5.41, 5.74) is 6.06. The highest BCUT2D eigenvalue weighted by atomic mass is 16.6. The van der Waals surface area contributed by atoms with Crippen LogP contribution in [-0.2, 0) is 0 Å². The number of hydrogen-bond acceptors (Lipinski definition) is 5. The fourth-order valence-electron chi connectivity index (χ4n) is 1.56. The molecule has 19 heavy (non-hydrogen) atoms. The lowest BCUT2D eigenvalue weighted by Crippen LogP contribution is -2.35. The summed E-state index contributed by atoms with van der Waals surface area (Å²) in [7, 11) is 0. The van der Waals surface area contributed by atoms with Gasteiger partial charge in [0.2, 0.25) is 0 Å². The summed E-state index contributed by atoms with van der Waals surface area (Å²) in [4.78, 5) is 10.4. The van der Waals surface area contributed by atoms with Gasteiger partial charge in [0.15, 0.2) is 0 Å². The summed E-state index contributed by atoms with van der Waals surface area (Å²) in [6, 6.07) is 5.10. The molecule has 2 N–H and O–H groups in total. The van der Waals surface area contributed by atoms with Crippen LogP contribution in [0.15, 0.2) is 12.1 Å². The third-order valence-corrected chi connectivity index (χ3v) is 2.82. The van der Waals surface area contributed by atoms with Crippen molar-refractivity contribution in [2.75, 3.05) is 6.61 Å². The van der Waals surface area contributed by atoms with Crippen LogP contribution in [0.25, 0.3) is 0 Å². The van der Waals surface area contributed by atoms with Gasteiger partial charge in [0, 0.05) is 18.1 Å². The maximum Gasteiger partial charge on any atom is 0.272 e. The maximum atomic E-state index is 10.8. The minimum Gasteiger partial charge on any atom is -0.493 e. The van der Waals surface area contributed by atoms with Crippen molar-refractivity contribution in [3.63, 3.8) is 0 Å². The van der Waals surface area contributed by atoms with E-state index in [9.17, 15) is 10.1 Å². The number of nitrogens with two attached hydrogens (primary N) is 1. The molecule has 0 bridgehead atoms. The molecule has 1 aromatic carbocycles. The fraction of sp³-hybridized carbons (Fsp3) is 0.462. The highest BCUT2D eigenvalue weighted by Crippen LogP contribution is 2.27. The molecule has 6 heteroatoms. The summed E-state index contributed by atoms with van der Waals surface area (Å²) in [5.74, 6) is 0.580. The molecule has 0 radical (unpaired) electrons. The van der Waals surface area contributed by atoms with Gasteiger partial charge in [-0.05, 0) is 32.4 Å². The molecule has 0 heterocycles. The van der Waals surface area contributed by atoms with Crippen LogP contribution in [0.1, 0.15) is 24.5 Å². The zero-order valence-electron chi connectivity index (χ0n) is 11.3. The summed E-state index contributed by atoms with van der Waals surface area (Å²) < 4.78 is 5.54. The number of nitriles is 1. The summed E-state index contributed by atoms with van der Waals surface area (Å²) in [6.07, 6.45) is 0.388. The summed E-state index contributed by atoms with van der Waals surface area (Å²) >= 11 is 0. The molecule has 1 unspecified atom stereocenters. The normalized spacial score (nSPS) is 13.4. The van der Waals surface area contributed by atoms with Crippen molar-refractivity contribution in [2.45, 2.75) is 32.7 Å². The van der Waals surface area contributed by atoms with Gasteiger partial charge in [0.25, 0.3) is 5.69 Å². The SMILES string of the molecule is Cc1cc([N+](=O)[O-])c(C)cc1OCCC(C)(N)C#N. The second kappa shape index (κ2) is 5.67. The quantitative estimate of drug-likeness (QED) is 0.648. The van der Waals surface area contributed by atoms with Crippen molar-refractivity contribution in [1.82, 2.24) is 0 Å². The predicted octanol–water partition coefficient (Wildman–Crippen LogP) is 2.22. The van der Waals surface area contributed by atoms with Crippen LogP contribution in [-0.4, -0.2) is 17.1 Å². The van der Waals surface area contributed by atoms with E-state index in [1.807, 2.05) is 6.07 Å². The van der Waals surface area contributed by atoms with Crippen molar-refractivity contribution >= 4 is 5.69 Å². The van der Waals surface area contributed by atoms with Gasteiger partial charge in [-0.2, -0.15) is 5.26 Å². The van der Waals surface area contributed by atoms with Gasteiger partial charge in [0.1, 0.15) is 11.3 Å². The number of rotatable bonds is 5. The second-order valence-corrected chi connectivity index (χ2v) is 4.79. The molecule has 0 aromatic heterocycles. The molecule has 0 aliphatic heterocycles. The van der Waals surface area contributed by atoms with Gasteiger partial charge < -0.3 is 10.5 Å². The molecular weight excluding hydrogens is 246 g/mol. The first-order valence-corrected chi connectivity index (χ1v) is 5.85.